The molecule has 0 aromatic heterocycles. The second-order valence-electron chi connectivity index (χ2n) is 29.2. The van der Waals surface area contributed by atoms with Crippen LogP contribution in [0.4, 0.5) is 102 Å². The van der Waals surface area contributed by atoms with E-state index in [-0.39, 0.29) is 0 Å². The van der Waals surface area contributed by atoms with Crippen LogP contribution in [0.5, 0.6) is 0 Å². The third-order valence-electron chi connectivity index (χ3n) is 22.3. The molecule has 18 aromatic rings. The van der Waals surface area contributed by atoms with Gasteiger partial charge in [-0.1, -0.05) is 315 Å². The molecule has 0 radical (unpaired) electrons. The summed E-state index contributed by atoms with van der Waals surface area (Å²) < 4.78 is 0. The van der Waals surface area contributed by atoms with Gasteiger partial charge in [-0.3, -0.25) is 0 Å². The molecule has 0 amide bonds. The number of anilines is 18. The zero-order valence-electron chi connectivity index (χ0n) is 63.6. The van der Waals surface area contributed by atoms with Gasteiger partial charge in [0.15, 0.2) is 0 Å². The van der Waals surface area contributed by atoms with E-state index in [0.717, 1.165) is 134 Å². The summed E-state index contributed by atoms with van der Waals surface area (Å²) in [5.41, 5.74) is 29.4. The highest BCUT2D eigenvalue weighted by molar-refractivity contribution is 7.99. The Morgan fingerprint density at radius 2 is 0.362 bits per heavy atom. The second kappa shape index (κ2) is 31.0. The van der Waals surface area contributed by atoms with Gasteiger partial charge in [-0.05, 0) is 214 Å². The molecule has 1 aliphatic carbocycles. The molecule has 1 aliphatic heterocycles. The Morgan fingerprint density at radius 3 is 0.647 bits per heavy atom. The van der Waals surface area contributed by atoms with Crippen LogP contribution >= 0.6 is 11.8 Å². The molecular weight excluding hydrogens is 1430 g/mol. The summed E-state index contributed by atoms with van der Waals surface area (Å²) in [5, 5.41) is 0. The van der Waals surface area contributed by atoms with Gasteiger partial charge in [-0.15, -0.1) is 0 Å². The van der Waals surface area contributed by atoms with Gasteiger partial charge in [-0.2, -0.15) is 0 Å². The van der Waals surface area contributed by atoms with Crippen molar-refractivity contribution in [3.05, 3.63) is 495 Å². The van der Waals surface area contributed by atoms with Crippen molar-refractivity contribution >= 4 is 114 Å². The van der Waals surface area contributed by atoms with Crippen LogP contribution in [-0.4, -0.2) is 0 Å². The minimum atomic E-state index is -0.724. The van der Waals surface area contributed by atoms with Crippen LogP contribution in [0.1, 0.15) is 22.3 Å². The highest BCUT2D eigenvalue weighted by atomic mass is 32.2. The van der Waals surface area contributed by atoms with Gasteiger partial charge in [-0.25, -0.2) is 0 Å². The Hall–Kier alpha value is -14.9. The summed E-state index contributed by atoms with van der Waals surface area (Å²) >= 11 is 1.86. The van der Waals surface area contributed by atoms with E-state index in [2.05, 4.69) is 503 Å². The Bertz CT molecular complexity index is 6130. The first-order valence-electron chi connectivity index (χ1n) is 39.5. The minimum Gasteiger partial charge on any atom is -0.310 e. The molecule has 0 saturated carbocycles. The van der Waals surface area contributed by atoms with E-state index in [4.69, 9.17) is 0 Å². The van der Waals surface area contributed by atoms with Crippen LogP contribution in [0.25, 0.3) is 33.4 Å². The first kappa shape index (κ1) is 70.2. The molecule has 6 nitrogen and oxygen atoms in total. The third-order valence-corrected chi connectivity index (χ3v) is 23.4. The molecular formula is C109H78N6S. The summed E-state index contributed by atoms with van der Waals surface area (Å²) in [5.74, 6) is 0. The number of rotatable bonds is 20. The lowest BCUT2D eigenvalue weighted by atomic mass is 9.67. The van der Waals surface area contributed by atoms with Crippen molar-refractivity contribution in [2.24, 2.45) is 0 Å². The normalized spacial score (nSPS) is 12.0. The maximum atomic E-state index is 2.48. The lowest BCUT2D eigenvalue weighted by Gasteiger charge is -2.41. The highest BCUT2D eigenvalue weighted by Gasteiger charge is 2.50. The molecule has 1 heterocycles. The summed E-state index contributed by atoms with van der Waals surface area (Å²) in [6.07, 6.45) is 0. The first-order valence-corrected chi connectivity index (χ1v) is 40.4. The van der Waals surface area contributed by atoms with Crippen LogP contribution in [0.15, 0.2) is 483 Å². The fourth-order valence-corrected chi connectivity index (χ4v) is 18.7. The molecule has 18 aromatic carbocycles. The van der Waals surface area contributed by atoms with Crippen molar-refractivity contribution < 1.29 is 0 Å². The average Bonchev–Trinajstić information content (AvgIpc) is 1.49. The summed E-state index contributed by atoms with van der Waals surface area (Å²) in [6.45, 7) is 0. The molecule has 0 N–H and O–H groups in total. The van der Waals surface area contributed by atoms with Gasteiger partial charge in [0.1, 0.15) is 0 Å². The fraction of sp³-hybridized carbons (Fsp3) is 0.00917. The second-order valence-corrected chi connectivity index (χ2v) is 30.3. The third kappa shape index (κ3) is 13.0. The van der Waals surface area contributed by atoms with Crippen molar-refractivity contribution in [1.29, 1.82) is 0 Å². The summed E-state index contributed by atoms with van der Waals surface area (Å²) in [4.78, 5) is 16.9. The fourth-order valence-electron chi connectivity index (χ4n) is 17.4. The van der Waals surface area contributed by atoms with E-state index in [1.54, 1.807) is 0 Å². The first-order chi connectivity index (χ1) is 57.6. The number of hydrogen-bond donors (Lipinski definition) is 0. The maximum Gasteiger partial charge on any atom is 0.0735 e. The molecule has 20 rings (SSSR count). The number of fused-ring (bicyclic) bond motifs is 9. The van der Waals surface area contributed by atoms with E-state index in [0.29, 0.717) is 0 Å². The summed E-state index contributed by atoms with van der Waals surface area (Å²) in [6, 6.07) is 173. The maximum absolute atomic E-state index is 2.48. The van der Waals surface area contributed by atoms with Gasteiger partial charge >= 0.3 is 0 Å². The molecule has 0 atom stereocenters. The molecule has 0 fully saturated rings. The van der Waals surface area contributed by atoms with Gasteiger partial charge in [0, 0.05) is 77.8 Å². The molecule has 0 unspecified atom stereocenters. The van der Waals surface area contributed by atoms with E-state index in [9.17, 15) is 0 Å². The van der Waals surface area contributed by atoms with E-state index in [1.165, 1.54) is 33.4 Å². The van der Waals surface area contributed by atoms with Gasteiger partial charge in [0.05, 0.1) is 50.9 Å². The quantitative estimate of drug-likeness (QED) is 0.0748. The number of nitrogens with zero attached hydrogens (tertiary/aromatic N) is 6. The minimum absolute atomic E-state index is 0.724. The Balaban J connectivity index is 0.822. The Morgan fingerprint density at radius 1 is 0.147 bits per heavy atom. The lowest BCUT2D eigenvalue weighted by Crippen LogP contribution is -2.32. The van der Waals surface area contributed by atoms with Crippen molar-refractivity contribution in [1.82, 2.24) is 0 Å². The van der Waals surface area contributed by atoms with Crippen LogP contribution < -0.4 is 29.4 Å². The van der Waals surface area contributed by atoms with Crippen LogP contribution in [0, 0.1) is 0 Å². The molecule has 0 saturated heterocycles. The molecule has 7 heteroatoms. The number of hydrogen-bond acceptors (Lipinski definition) is 7. The average molecular weight is 1500 g/mol. The number of para-hydroxylation sites is 10. The standard InChI is InChI=1S/C109H78N6S/c1-11-39-79(40-12-1)97-59-33-37-65-105(97)114(87-55-27-9-28-56-87)95-74-94(75-96(76-95)115(88-57-29-10-30-58-88)106-66-38-34-60-98(106)80-41-13-2-14-42-80)113(86-53-25-8-26-54-86)90-68-70-104-108(78-90)116-107-77-89(67-69-103(107)109(104)101-63-35-31-61-99(101)100-62-32-36-64-102(100)109)112(85-51-23-7-24-52-85)93-72-91(110(81-43-15-3-16-44-81)82-45-17-4-18-46-82)71-92(73-93)111(83-47-19-5-20-48-83)84-49-21-6-22-50-84/h1-78H. The van der Waals surface area contributed by atoms with Crippen molar-refractivity contribution in [2.45, 2.75) is 15.2 Å². The van der Waals surface area contributed by atoms with Gasteiger partial charge < -0.3 is 29.4 Å². The van der Waals surface area contributed by atoms with Gasteiger partial charge in [0.2, 0.25) is 0 Å². The SMILES string of the molecule is c1ccc(-c2ccccc2N(c2ccccc2)c2cc(N(c3ccccc3)c3ccc4c(c3)Sc3cc(N(c5ccccc5)c5cc(N(c6ccccc6)c6ccccc6)cc(N(c6ccccc6)c6ccccc6)c5)ccc3C43c4ccccc4-c4ccccc43)cc(N(c3ccccc3)c3ccccc3-c3ccccc3)c2)cc1. The largest absolute Gasteiger partial charge is 0.310 e. The zero-order valence-corrected chi connectivity index (χ0v) is 64.4. The zero-order chi connectivity index (χ0) is 77.1. The molecule has 2 aliphatic rings. The van der Waals surface area contributed by atoms with Crippen LogP contribution in [0.3, 0.4) is 0 Å². The Labute approximate surface area is 682 Å². The van der Waals surface area contributed by atoms with Crippen molar-refractivity contribution in [3.63, 3.8) is 0 Å². The van der Waals surface area contributed by atoms with E-state index >= 15 is 0 Å². The predicted molar refractivity (Wildman–Crippen MR) is 487 cm³/mol. The molecule has 0 bridgehead atoms. The van der Waals surface area contributed by atoms with Crippen LogP contribution in [0.2, 0.25) is 0 Å². The molecule has 550 valence electrons. The summed E-state index contributed by atoms with van der Waals surface area (Å²) in [7, 11) is 0. The topological polar surface area (TPSA) is 19.4 Å². The predicted octanol–water partition coefficient (Wildman–Crippen LogP) is 30.7. The van der Waals surface area contributed by atoms with E-state index in [1.807, 2.05) is 11.8 Å². The lowest BCUT2D eigenvalue weighted by molar-refractivity contribution is 0.722. The smallest absolute Gasteiger partial charge is 0.0735 e. The van der Waals surface area contributed by atoms with Crippen molar-refractivity contribution in [2.75, 3.05) is 29.4 Å². The number of benzene rings is 18. The Kier molecular flexibility index (Phi) is 18.8. The van der Waals surface area contributed by atoms with E-state index < -0.39 is 5.41 Å². The molecule has 116 heavy (non-hydrogen) atoms. The van der Waals surface area contributed by atoms with Crippen LogP contribution in [-0.2, 0) is 5.41 Å². The molecule has 1 spiro atoms. The van der Waals surface area contributed by atoms with Gasteiger partial charge in [0.25, 0.3) is 0 Å². The van der Waals surface area contributed by atoms with Crippen molar-refractivity contribution in [3.8, 4) is 33.4 Å². The monoisotopic (exact) mass is 1500 g/mol. The highest BCUT2D eigenvalue weighted by Crippen LogP contribution is 2.64.